The number of benzene rings is 2. The van der Waals surface area contributed by atoms with Gasteiger partial charge in [0, 0.05) is 45.7 Å². The number of amides is 1. The molecule has 0 atom stereocenters. The molecule has 3 rings (SSSR count). The SMILES string of the molecule is CCN(Cc1ccc(N(C)C)cc1)C(=O)CCc1ncc(-c2ccccc2F)o1. The van der Waals surface area contributed by atoms with Gasteiger partial charge in [0.25, 0.3) is 0 Å². The second-order valence-electron chi connectivity index (χ2n) is 7.07. The van der Waals surface area contributed by atoms with E-state index in [1.807, 2.05) is 55.1 Å². The summed E-state index contributed by atoms with van der Waals surface area (Å²) in [5.41, 5.74) is 2.58. The van der Waals surface area contributed by atoms with Crippen molar-refractivity contribution in [2.24, 2.45) is 0 Å². The fourth-order valence-electron chi connectivity index (χ4n) is 3.08. The maximum atomic E-state index is 13.9. The van der Waals surface area contributed by atoms with Crippen LogP contribution in [0.3, 0.4) is 0 Å². The molecule has 0 N–H and O–H groups in total. The van der Waals surface area contributed by atoms with Crippen LogP contribution >= 0.6 is 0 Å². The second-order valence-corrected chi connectivity index (χ2v) is 7.07. The zero-order valence-corrected chi connectivity index (χ0v) is 17.1. The van der Waals surface area contributed by atoms with E-state index < -0.39 is 0 Å². The molecule has 2 aromatic carbocycles. The van der Waals surface area contributed by atoms with Crippen molar-refractivity contribution in [3.63, 3.8) is 0 Å². The molecule has 6 heteroatoms. The monoisotopic (exact) mass is 395 g/mol. The highest BCUT2D eigenvalue weighted by Crippen LogP contribution is 2.23. The van der Waals surface area contributed by atoms with Gasteiger partial charge in [-0.2, -0.15) is 0 Å². The highest BCUT2D eigenvalue weighted by Gasteiger charge is 2.15. The molecule has 1 amide bonds. The summed E-state index contributed by atoms with van der Waals surface area (Å²) in [4.78, 5) is 20.7. The van der Waals surface area contributed by atoms with Crippen molar-refractivity contribution < 1.29 is 13.6 Å². The molecule has 0 aliphatic carbocycles. The average molecular weight is 395 g/mol. The van der Waals surface area contributed by atoms with Crippen LogP contribution in [-0.4, -0.2) is 36.4 Å². The topological polar surface area (TPSA) is 49.6 Å². The molecular weight excluding hydrogens is 369 g/mol. The van der Waals surface area contributed by atoms with E-state index in [0.717, 1.165) is 11.3 Å². The van der Waals surface area contributed by atoms with Gasteiger partial charge in [0.1, 0.15) is 5.82 Å². The molecule has 1 heterocycles. The Hall–Kier alpha value is -3.15. The predicted octanol–water partition coefficient (Wildman–Crippen LogP) is 4.53. The van der Waals surface area contributed by atoms with E-state index in [2.05, 4.69) is 4.98 Å². The lowest BCUT2D eigenvalue weighted by Crippen LogP contribution is -2.30. The van der Waals surface area contributed by atoms with Crippen molar-refractivity contribution in [2.45, 2.75) is 26.3 Å². The normalized spacial score (nSPS) is 10.8. The Morgan fingerprint density at radius 3 is 2.48 bits per heavy atom. The van der Waals surface area contributed by atoms with E-state index in [0.29, 0.717) is 43.1 Å². The van der Waals surface area contributed by atoms with Gasteiger partial charge in [0.15, 0.2) is 11.7 Å². The van der Waals surface area contributed by atoms with Gasteiger partial charge in [-0.25, -0.2) is 9.37 Å². The molecule has 3 aromatic rings. The number of carbonyl (C=O) groups excluding carboxylic acids is 1. The number of carbonyl (C=O) groups is 1. The van der Waals surface area contributed by atoms with Crippen molar-refractivity contribution in [2.75, 3.05) is 25.5 Å². The third kappa shape index (κ3) is 5.22. The van der Waals surface area contributed by atoms with E-state index in [9.17, 15) is 9.18 Å². The number of anilines is 1. The van der Waals surface area contributed by atoms with Gasteiger partial charge in [-0.3, -0.25) is 4.79 Å². The first-order valence-electron chi connectivity index (χ1n) is 9.71. The molecule has 152 valence electrons. The van der Waals surface area contributed by atoms with Crippen LogP contribution in [0.2, 0.25) is 0 Å². The number of aromatic nitrogens is 1. The second kappa shape index (κ2) is 9.37. The highest BCUT2D eigenvalue weighted by molar-refractivity contribution is 5.76. The number of hydrogen-bond acceptors (Lipinski definition) is 4. The smallest absolute Gasteiger partial charge is 0.223 e. The first kappa shape index (κ1) is 20.6. The zero-order valence-electron chi connectivity index (χ0n) is 17.1. The number of nitrogens with zero attached hydrogens (tertiary/aromatic N) is 3. The van der Waals surface area contributed by atoms with Gasteiger partial charge in [-0.15, -0.1) is 0 Å². The van der Waals surface area contributed by atoms with Gasteiger partial charge < -0.3 is 14.2 Å². The first-order chi connectivity index (χ1) is 14.0. The van der Waals surface area contributed by atoms with Crippen LogP contribution in [0.15, 0.2) is 59.1 Å². The minimum atomic E-state index is -0.358. The maximum Gasteiger partial charge on any atom is 0.223 e. The van der Waals surface area contributed by atoms with Crippen LogP contribution in [0.25, 0.3) is 11.3 Å². The molecule has 0 aliphatic heterocycles. The molecule has 0 saturated carbocycles. The summed E-state index contributed by atoms with van der Waals surface area (Å²) in [6.07, 6.45) is 2.17. The van der Waals surface area contributed by atoms with Gasteiger partial charge in [0.2, 0.25) is 5.91 Å². The standard InChI is InChI=1S/C23H26FN3O2/c1-4-27(16-17-9-11-18(12-10-17)26(2)3)23(28)14-13-22-25-15-21(29-22)19-7-5-6-8-20(19)24/h5-12,15H,4,13-14,16H2,1-3H3. The number of rotatable bonds is 8. The quantitative estimate of drug-likeness (QED) is 0.562. The average Bonchev–Trinajstić information content (AvgIpc) is 3.19. The number of hydrogen-bond donors (Lipinski definition) is 0. The van der Waals surface area contributed by atoms with Crippen molar-refractivity contribution in [1.82, 2.24) is 9.88 Å². The van der Waals surface area contributed by atoms with Crippen LogP contribution in [0.5, 0.6) is 0 Å². The van der Waals surface area contributed by atoms with Crippen molar-refractivity contribution in [3.8, 4) is 11.3 Å². The minimum absolute atomic E-state index is 0.0369. The van der Waals surface area contributed by atoms with Crippen LogP contribution in [0.4, 0.5) is 10.1 Å². The van der Waals surface area contributed by atoms with Crippen molar-refractivity contribution >= 4 is 11.6 Å². The van der Waals surface area contributed by atoms with Crippen LogP contribution in [-0.2, 0) is 17.8 Å². The Balaban J connectivity index is 1.58. The molecule has 0 radical (unpaired) electrons. The Bertz CT molecular complexity index is 951. The van der Waals surface area contributed by atoms with Gasteiger partial charge in [-0.05, 0) is 36.8 Å². The molecular formula is C23H26FN3O2. The van der Waals surface area contributed by atoms with E-state index in [4.69, 9.17) is 4.42 Å². The largest absolute Gasteiger partial charge is 0.441 e. The summed E-state index contributed by atoms with van der Waals surface area (Å²) in [6, 6.07) is 14.6. The van der Waals surface area contributed by atoms with Gasteiger partial charge in [0.05, 0.1) is 11.8 Å². The Morgan fingerprint density at radius 2 is 1.83 bits per heavy atom. The zero-order chi connectivity index (χ0) is 20.8. The van der Waals surface area contributed by atoms with Crippen molar-refractivity contribution in [3.05, 3.63) is 72.0 Å². The van der Waals surface area contributed by atoms with E-state index in [-0.39, 0.29) is 11.7 Å². The lowest BCUT2D eigenvalue weighted by molar-refractivity contribution is -0.131. The number of aryl methyl sites for hydroxylation is 1. The fourth-order valence-corrected chi connectivity index (χ4v) is 3.08. The van der Waals surface area contributed by atoms with Crippen LogP contribution in [0.1, 0.15) is 24.8 Å². The summed E-state index contributed by atoms with van der Waals surface area (Å²) in [7, 11) is 3.99. The maximum absolute atomic E-state index is 13.9. The molecule has 1 aromatic heterocycles. The summed E-state index contributed by atoms with van der Waals surface area (Å²) in [5, 5.41) is 0. The summed E-state index contributed by atoms with van der Waals surface area (Å²) in [5.74, 6) is 0.486. The minimum Gasteiger partial charge on any atom is -0.441 e. The molecule has 0 fully saturated rings. The number of halogens is 1. The Labute approximate surface area is 170 Å². The molecule has 0 aliphatic rings. The summed E-state index contributed by atoms with van der Waals surface area (Å²) >= 11 is 0. The molecule has 0 spiro atoms. The highest BCUT2D eigenvalue weighted by atomic mass is 19.1. The Morgan fingerprint density at radius 1 is 1.10 bits per heavy atom. The predicted molar refractivity (Wildman–Crippen MR) is 112 cm³/mol. The number of oxazole rings is 1. The van der Waals surface area contributed by atoms with Crippen LogP contribution in [0, 0.1) is 5.82 Å². The third-order valence-corrected chi connectivity index (χ3v) is 4.81. The molecule has 29 heavy (non-hydrogen) atoms. The lowest BCUT2D eigenvalue weighted by Gasteiger charge is -2.21. The Kier molecular flexibility index (Phi) is 6.65. The first-order valence-corrected chi connectivity index (χ1v) is 9.71. The summed E-state index contributed by atoms with van der Waals surface area (Å²) < 4.78 is 19.5. The van der Waals surface area contributed by atoms with Gasteiger partial charge >= 0.3 is 0 Å². The van der Waals surface area contributed by atoms with E-state index in [1.165, 1.54) is 12.3 Å². The molecule has 0 unspecified atom stereocenters. The molecule has 0 bridgehead atoms. The lowest BCUT2D eigenvalue weighted by atomic mass is 10.1. The van der Waals surface area contributed by atoms with Gasteiger partial charge in [-0.1, -0.05) is 24.3 Å². The van der Waals surface area contributed by atoms with E-state index in [1.54, 1.807) is 18.2 Å². The summed E-state index contributed by atoms with van der Waals surface area (Å²) in [6.45, 7) is 3.16. The molecule has 5 nitrogen and oxygen atoms in total. The van der Waals surface area contributed by atoms with Crippen LogP contribution < -0.4 is 4.90 Å². The molecule has 0 saturated heterocycles. The van der Waals surface area contributed by atoms with E-state index >= 15 is 0 Å². The third-order valence-electron chi connectivity index (χ3n) is 4.81. The van der Waals surface area contributed by atoms with Crippen molar-refractivity contribution in [1.29, 1.82) is 0 Å². The fraction of sp³-hybridized carbons (Fsp3) is 0.304.